The highest BCUT2D eigenvalue weighted by molar-refractivity contribution is 7.46. The molecule has 0 amide bonds. The van der Waals surface area contributed by atoms with Gasteiger partial charge in [0, 0.05) is 12.8 Å². The Balaban J connectivity index is 4.06. The van der Waals surface area contributed by atoms with E-state index in [-0.39, 0.29) is 19.4 Å². The van der Waals surface area contributed by atoms with E-state index < -0.39 is 32.5 Å². The molecular formula is C35H61O8P. The molecule has 0 fully saturated rings. The second-order valence-electron chi connectivity index (χ2n) is 11.1. The van der Waals surface area contributed by atoms with Crippen LogP contribution in [0.2, 0.25) is 0 Å². The van der Waals surface area contributed by atoms with Crippen LogP contribution in [-0.4, -0.2) is 41.0 Å². The third-order valence-electron chi connectivity index (χ3n) is 6.83. The smallest absolute Gasteiger partial charge is 0.462 e. The molecule has 8 nitrogen and oxygen atoms in total. The van der Waals surface area contributed by atoms with Gasteiger partial charge in [-0.1, -0.05) is 127 Å². The molecule has 0 aliphatic rings. The minimum atomic E-state index is -4.75. The van der Waals surface area contributed by atoms with Crippen LogP contribution in [0.25, 0.3) is 0 Å². The molecule has 0 heterocycles. The van der Waals surface area contributed by atoms with Gasteiger partial charge in [-0.05, 0) is 51.4 Å². The van der Waals surface area contributed by atoms with Crippen molar-refractivity contribution in [3.8, 4) is 0 Å². The van der Waals surface area contributed by atoms with Crippen molar-refractivity contribution < 1.29 is 37.9 Å². The highest BCUT2D eigenvalue weighted by Crippen LogP contribution is 2.35. The predicted molar refractivity (Wildman–Crippen MR) is 179 cm³/mol. The number of hydrogen-bond acceptors (Lipinski definition) is 6. The van der Waals surface area contributed by atoms with Gasteiger partial charge in [-0.3, -0.25) is 14.1 Å². The van der Waals surface area contributed by atoms with Crippen molar-refractivity contribution in [3.05, 3.63) is 48.6 Å². The second kappa shape index (κ2) is 31.0. The van der Waals surface area contributed by atoms with Gasteiger partial charge in [0.25, 0.3) is 0 Å². The molecular weight excluding hydrogens is 579 g/mol. The van der Waals surface area contributed by atoms with Crippen LogP contribution in [0.1, 0.15) is 142 Å². The van der Waals surface area contributed by atoms with Crippen molar-refractivity contribution >= 4 is 19.8 Å². The summed E-state index contributed by atoms with van der Waals surface area (Å²) in [6.07, 6.45) is 35.5. The summed E-state index contributed by atoms with van der Waals surface area (Å²) in [4.78, 5) is 42.4. The molecule has 0 aliphatic carbocycles. The lowest BCUT2D eigenvalue weighted by Gasteiger charge is -2.18. The first-order chi connectivity index (χ1) is 21.3. The summed E-state index contributed by atoms with van der Waals surface area (Å²) in [6.45, 7) is 3.53. The molecule has 0 saturated heterocycles. The van der Waals surface area contributed by atoms with E-state index in [4.69, 9.17) is 19.3 Å². The normalized spacial score (nSPS) is 13.1. The monoisotopic (exact) mass is 640 g/mol. The topological polar surface area (TPSA) is 119 Å². The molecule has 2 N–H and O–H groups in total. The van der Waals surface area contributed by atoms with Crippen LogP contribution in [0.3, 0.4) is 0 Å². The highest BCUT2D eigenvalue weighted by atomic mass is 31.2. The van der Waals surface area contributed by atoms with Crippen molar-refractivity contribution in [2.45, 2.75) is 148 Å². The molecule has 0 rings (SSSR count). The molecule has 254 valence electrons. The second-order valence-corrected chi connectivity index (χ2v) is 12.4. The fourth-order valence-corrected chi connectivity index (χ4v) is 4.66. The first-order valence-corrected chi connectivity index (χ1v) is 18.5. The van der Waals surface area contributed by atoms with Gasteiger partial charge < -0.3 is 19.3 Å². The van der Waals surface area contributed by atoms with Crippen molar-refractivity contribution in [1.82, 2.24) is 0 Å². The summed E-state index contributed by atoms with van der Waals surface area (Å²) in [7, 11) is -4.75. The van der Waals surface area contributed by atoms with E-state index in [1.165, 1.54) is 38.5 Å². The van der Waals surface area contributed by atoms with E-state index in [1.54, 1.807) is 0 Å². The molecule has 0 aromatic rings. The Hall–Kier alpha value is -1.99. The standard InChI is InChI=1S/C35H61O8P/c1-3-5-7-9-11-13-14-15-16-17-18-19-20-22-23-25-27-29-34(36)41-31-33(32-42-44(38,39)40)43-35(37)30-28-26-24-21-12-10-8-6-4-2/h7,9,13-14,16-17,19-20,33H,3-6,8,10-12,15,18,21-32H2,1-2H3,(H2,38,39,40)/b9-7+,14-13+,17-16+,20-19+/t33-/m1/s1. The van der Waals surface area contributed by atoms with Crippen LogP contribution >= 0.6 is 7.82 Å². The lowest BCUT2D eigenvalue weighted by atomic mass is 10.1. The zero-order valence-electron chi connectivity index (χ0n) is 27.5. The van der Waals surface area contributed by atoms with Crippen LogP contribution in [0.15, 0.2) is 48.6 Å². The minimum Gasteiger partial charge on any atom is -0.462 e. The van der Waals surface area contributed by atoms with Gasteiger partial charge in [0.1, 0.15) is 6.61 Å². The number of unbranched alkanes of at least 4 members (excludes halogenated alkanes) is 12. The zero-order valence-corrected chi connectivity index (χ0v) is 28.4. The number of esters is 2. The molecule has 44 heavy (non-hydrogen) atoms. The molecule has 0 spiro atoms. The van der Waals surface area contributed by atoms with Crippen LogP contribution in [0.5, 0.6) is 0 Å². The quantitative estimate of drug-likeness (QED) is 0.0345. The largest absolute Gasteiger partial charge is 0.469 e. The average Bonchev–Trinajstić information content (AvgIpc) is 2.98. The summed E-state index contributed by atoms with van der Waals surface area (Å²) in [5, 5.41) is 0. The summed E-state index contributed by atoms with van der Waals surface area (Å²) in [6, 6.07) is 0. The number of hydrogen-bond donors (Lipinski definition) is 2. The first kappa shape index (κ1) is 42.0. The fourth-order valence-electron chi connectivity index (χ4n) is 4.30. The molecule has 9 heteroatoms. The van der Waals surface area contributed by atoms with Crippen molar-refractivity contribution in [3.63, 3.8) is 0 Å². The Morgan fingerprint density at radius 2 is 1.07 bits per heavy atom. The average molecular weight is 641 g/mol. The van der Waals surface area contributed by atoms with Crippen LogP contribution in [-0.2, 0) is 28.2 Å². The molecule has 0 unspecified atom stereocenters. The van der Waals surface area contributed by atoms with Crippen molar-refractivity contribution in [1.29, 1.82) is 0 Å². The lowest BCUT2D eigenvalue weighted by Crippen LogP contribution is -2.29. The molecule has 0 aliphatic heterocycles. The molecule has 0 bridgehead atoms. The molecule has 0 radical (unpaired) electrons. The van der Waals surface area contributed by atoms with E-state index in [0.29, 0.717) is 12.8 Å². The number of phosphoric acid groups is 1. The molecule has 0 aromatic heterocycles. The maximum atomic E-state index is 12.2. The summed E-state index contributed by atoms with van der Waals surface area (Å²) < 4.78 is 26.1. The number of carbonyl (C=O) groups excluding carboxylic acids is 2. The Labute approximate surface area is 267 Å². The Bertz CT molecular complexity index is 859. The number of phosphoric ester groups is 1. The fraction of sp³-hybridized carbons (Fsp3) is 0.714. The van der Waals surface area contributed by atoms with Gasteiger partial charge >= 0.3 is 19.8 Å². The molecule has 0 aromatic carbocycles. The zero-order chi connectivity index (χ0) is 32.6. The van der Waals surface area contributed by atoms with Crippen LogP contribution < -0.4 is 0 Å². The Morgan fingerprint density at radius 3 is 1.61 bits per heavy atom. The van der Waals surface area contributed by atoms with Gasteiger partial charge in [-0.25, -0.2) is 4.57 Å². The predicted octanol–water partition coefficient (Wildman–Crippen LogP) is 9.62. The first-order valence-electron chi connectivity index (χ1n) is 16.9. The third kappa shape index (κ3) is 32.9. The Kier molecular flexibility index (Phi) is 29.6. The van der Waals surface area contributed by atoms with E-state index in [9.17, 15) is 14.2 Å². The summed E-state index contributed by atoms with van der Waals surface area (Å²) in [5.74, 6) is -0.928. The highest BCUT2D eigenvalue weighted by Gasteiger charge is 2.22. The van der Waals surface area contributed by atoms with Gasteiger partial charge in [0.05, 0.1) is 6.61 Å². The molecule has 0 saturated carbocycles. The van der Waals surface area contributed by atoms with Gasteiger partial charge in [-0.15, -0.1) is 0 Å². The van der Waals surface area contributed by atoms with Crippen LogP contribution in [0.4, 0.5) is 0 Å². The minimum absolute atomic E-state index is 0.204. The van der Waals surface area contributed by atoms with Crippen molar-refractivity contribution in [2.75, 3.05) is 13.2 Å². The van der Waals surface area contributed by atoms with E-state index in [1.807, 2.05) is 0 Å². The Morgan fingerprint density at radius 1 is 0.591 bits per heavy atom. The lowest BCUT2D eigenvalue weighted by molar-refractivity contribution is -0.161. The third-order valence-corrected chi connectivity index (χ3v) is 7.32. The number of allylic oxidation sites excluding steroid dienone is 8. The van der Waals surface area contributed by atoms with E-state index in [2.05, 4.69) is 67.0 Å². The molecule has 1 atom stereocenters. The van der Waals surface area contributed by atoms with Gasteiger partial charge in [-0.2, -0.15) is 0 Å². The van der Waals surface area contributed by atoms with Gasteiger partial charge in [0.2, 0.25) is 0 Å². The van der Waals surface area contributed by atoms with Crippen molar-refractivity contribution in [2.24, 2.45) is 0 Å². The summed E-state index contributed by atoms with van der Waals surface area (Å²) >= 11 is 0. The summed E-state index contributed by atoms with van der Waals surface area (Å²) in [5.41, 5.74) is 0. The number of ether oxygens (including phenoxy) is 2. The SMILES string of the molecule is CCC/C=C/C/C=C/C/C=C/C/C=C/CCCCCC(=O)OC[C@H](COP(=O)(O)O)OC(=O)CCCCCCCCCCC. The van der Waals surface area contributed by atoms with Gasteiger partial charge in [0.15, 0.2) is 6.10 Å². The van der Waals surface area contributed by atoms with E-state index >= 15 is 0 Å². The maximum Gasteiger partial charge on any atom is 0.469 e. The van der Waals surface area contributed by atoms with Crippen LogP contribution in [0, 0.1) is 0 Å². The maximum absolute atomic E-state index is 12.2. The van der Waals surface area contributed by atoms with E-state index in [0.717, 1.165) is 64.2 Å². The number of rotatable bonds is 30. The number of carbonyl (C=O) groups is 2.